The van der Waals surface area contributed by atoms with E-state index in [-0.39, 0.29) is 24.4 Å². The average molecular weight is 366 g/mol. The first-order chi connectivity index (χ1) is 12.9. The van der Waals surface area contributed by atoms with Gasteiger partial charge in [-0.1, -0.05) is 36.4 Å². The summed E-state index contributed by atoms with van der Waals surface area (Å²) in [5, 5.41) is 2.99. The number of nitrogens with one attached hydrogen (secondary N) is 2. The first-order valence-electron chi connectivity index (χ1n) is 9.44. The van der Waals surface area contributed by atoms with Crippen molar-refractivity contribution in [1.82, 2.24) is 0 Å². The molecule has 5 heteroatoms. The second-order valence-corrected chi connectivity index (χ2v) is 7.57. The number of nitrogens with zero attached hydrogens (tertiary/aromatic N) is 1. The van der Waals surface area contributed by atoms with Gasteiger partial charge in [0.25, 0.3) is 11.8 Å². The maximum absolute atomic E-state index is 12.9. The van der Waals surface area contributed by atoms with Crippen molar-refractivity contribution in [2.45, 2.75) is 33.2 Å². The van der Waals surface area contributed by atoms with Crippen LogP contribution in [0.15, 0.2) is 42.5 Å². The molecule has 0 aliphatic carbocycles. The zero-order chi connectivity index (χ0) is 19.6. The third-order valence-electron chi connectivity index (χ3n) is 5.14. The number of quaternary nitrogens is 1. The van der Waals surface area contributed by atoms with Gasteiger partial charge in [-0.05, 0) is 49.9 Å². The third-order valence-corrected chi connectivity index (χ3v) is 5.14. The molecular weight excluding hydrogens is 338 g/mol. The molecule has 2 N–H and O–H groups in total. The van der Waals surface area contributed by atoms with Gasteiger partial charge in [0.2, 0.25) is 0 Å². The molecule has 0 fully saturated rings. The summed E-state index contributed by atoms with van der Waals surface area (Å²) < 4.78 is 0. The maximum atomic E-state index is 12.9. The number of hydrogen-bond donors (Lipinski definition) is 2. The van der Waals surface area contributed by atoms with Gasteiger partial charge in [-0.15, -0.1) is 0 Å². The highest BCUT2D eigenvalue weighted by molar-refractivity contribution is 5.97. The Bertz CT molecular complexity index is 842. The summed E-state index contributed by atoms with van der Waals surface area (Å²) in [6.07, 6.45) is 0.883. The van der Waals surface area contributed by atoms with Crippen LogP contribution in [0.2, 0.25) is 0 Å². The molecular formula is C22H28N3O2+. The SMILES string of the molecule is Cc1cccc(C)c1NC(=O)C[NH+](C)CC(=O)N1c2ccccc2C[C@H]1C. The second-order valence-electron chi connectivity index (χ2n) is 7.57. The summed E-state index contributed by atoms with van der Waals surface area (Å²) >= 11 is 0. The van der Waals surface area contributed by atoms with E-state index >= 15 is 0 Å². The molecule has 3 rings (SSSR count). The molecule has 1 unspecified atom stereocenters. The van der Waals surface area contributed by atoms with Gasteiger partial charge in [-0.3, -0.25) is 9.59 Å². The Hall–Kier alpha value is -2.66. The molecule has 1 heterocycles. The quantitative estimate of drug-likeness (QED) is 0.847. The average Bonchev–Trinajstić information content (AvgIpc) is 2.93. The van der Waals surface area contributed by atoms with Gasteiger partial charge in [0.05, 0.1) is 7.05 Å². The van der Waals surface area contributed by atoms with E-state index in [1.54, 1.807) is 0 Å². The lowest BCUT2D eigenvalue weighted by Gasteiger charge is -2.24. The molecule has 0 spiro atoms. The fourth-order valence-electron chi connectivity index (χ4n) is 3.82. The molecule has 2 atom stereocenters. The van der Waals surface area contributed by atoms with Crippen molar-refractivity contribution in [1.29, 1.82) is 0 Å². The van der Waals surface area contributed by atoms with Crippen molar-refractivity contribution in [3.63, 3.8) is 0 Å². The predicted octanol–water partition coefficient (Wildman–Crippen LogP) is 1.73. The summed E-state index contributed by atoms with van der Waals surface area (Å²) in [7, 11) is 1.88. The Labute approximate surface area is 161 Å². The van der Waals surface area contributed by atoms with Crippen LogP contribution in [0.1, 0.15) is 23.6 Å². The Kier molecular flexibility index (Phi) is 5.61. The van der Waals surface area contributed by atoms with Crippen LogP contribution in [-0.4, -0.2) is 38.0 Å². The van der Waals surface area contributed by atoms with Gasteiger partial charge in [0.1, 0.15) is 0 Å². The Morgan fingerprint density at radius 1 is 1.07 bits per heavy atom. The third kappa shape index (κ3) is 4.19. The number of likely N-dealkylation sites (N-methyl/N-ethyl adjacent to an activating group) is 1. The van der Waals surface area contributed by atoms with Gasteiger partial charge in [0.15, 0.2) is 13.1 Å². The van der Waals surface area contributed by atoms with Crippen molar-refractivity contribution in [2.24, 2.45) is 0 Å². The van der Waals surface area contributed by atoms with Crippen molar-refractivity contribution in [3.8, 4) is 0 Å². The van der Waals surface area contributed by atoms with Crippen LogP contribution in [0.4, 0.5) is 11.4 Å². The summed E-state index contributed by atoms with van der Waals surface area (Å²) in [5.41, 5.74) is 5.16. The summed E-state index contributed by atoms with van der Waals surface area (Å²) in [5.74, 6) is -0.0163. The van der Waals surface area contributed by atoms with Gasteiger partial charge >= 0.3 is 0 Å². The van der Waals surface area contributed by atoms with Crippen molar-refractivity contribution in [3.05, 3.63) is 59.2 Å². The lowest BCUT2D eigenvalue weighted by molar-refractivity contribution is -0.862. The zero-order valence-electron chi connectivity index (χ0n) is 16.5. The summed E-state index contributed by atoms with van der Waals surface area (Å²) in [4.78, 5) is 28.0. The zero-order valence-corrected chi connectivity index (χ0v) is 16.5. The smallest absolute Gasteiger partial charge is 0.282 e. The molecule has 2 aromatic carbocycles. The van der Waals surface area contributed by atoms with Crippen molar-refractivity contribution in [2.75, 3.05) is 30.4 Å². The van der Waals surface area contributed by atoms with E-state index in [1.807, 2.05) is 62.2 Å². The molecule has 142 valence electrons. The fraction of sp³-hybridized carbons (Fsp3) is 0.364. The minimum atomic E-state index is -0.0763. The van der Waals surface area contributed by atoms with E-state index in [0.29, 0.717) is 6.54 Å². The number of rotatable bonds is 5. The van der Waals surface area contributed by atoms with Crippen LogP contribution in [0.25, 0.3) is 0 Å². The van der Waals surface area contributed by atoms with E-state index in [2.05, 4.69) is 18.3 Å². The Morgan fingerprint density at radius 3 is 2.44 bits per heavy atom. The van der Waals surface area contributed by atoms with Gasteiger partial charge in [-0.2, -0.15) is 0 Å². The number of para-hydroxylation sites is 2. The number of anilines is 2. The molecule has 0 saturated carbocycles. The van der Waals surface area contributed by atoms with Crippen LogP contribution >= 0.6 is 0 Å². The minimum absolute atomic E-state index is 0.0600. The van der Waals surface area contributed by atoms with E-state index in [4.69, 9.17) is 0 Å². The normalized spacial score (nSPS) is 16.7. The highest BCUT2D eigenvalue weighted by Gasteiger charge is 2.32. The lowest BCUT2D eigenvalue weighted by Crippen LogP contribution is -3.11. The molecule has 1 aliphatic rings. The summed E-state index contributed by atoms with van der Waals surface area (Å²) in [6.45, 7) is 6.58. The van der Waals surface area contributed by atoms with Crippen LogP contribution < -0.4 is 15.1 Å². The van der Waals surface area contributed by atoms with E-state index < -0.39 is 0 Å². The summed E-state index contributed by atoms with van der Waals surface area (Å²) in [6, 6.07) is 14.1. The predicted molar refractivity (Wildman–Crippen MR) is 108 cm³/mol. The van der Waals surface area contributed by atoms with Crippen molar-refractivity contribution >= 4 is 23.2 Å². The molecule has 0 bridgehead atoms. The highest BCUT2D eigenvalue weighted by Crippen LogP contribution is 2.31. The Morgan fingerprint density at radius 2 is 1.74 bits per heavy atom. The van der Waals surface area contributed by atoms with Crippen LogP contribution in [0.5, 0.6) is 0 Å². The highest BCUT2D eigenvalue weighted by atomic mass is 16.2. The fourth-order valence-corrected chi connectivity index (χ4v) is 3.82. The minimum Gasteiger partial charge on any atom is -0.322 e. The molecule has 2 aromatic rings. The molecule has 27 heavy (non-hydrogen) atoms. The van der Waals surface area contributed by atoms with Crippen molar-refractivity contribution < 1.29 is 14.5 Å². The number of benzene rings is 2. The second kappa shape index (κ2) is 7.92. The first-order valence-corrected chi connectivity index (χ1v) is 9.44. The molecule has 5 nitrogen and oxygen atoms in total. The van der Waals surface area contributed by atoms with Crippen LogP contribution in [0, 0.1) is 13.8 Å². The van der Waals surface area contributed by atoms with E-state index in [1.165, 1.54) is 5.56 Å². The first kappa shape index (κ1) is 19.1. The standard InChI is InChI=1S/C22H27N3O2/c1-15-8-7-9-16(2)22(15)23-20(26)13-24(4)14-21(27)25-17(3)12-18-10-5-6-11-19(18)25/h5-11,17H,12-14H2,1-4H3,(H,23,26)/p+1/t17-/m1/s1. The molecule has 1 aliphatic heterocycles. The van der Waals surface area contributed by atoms with Crippen LogP contribution in [0.3, 0.4) is 0 Å². The topological polar surface area (TPSA) is 53.9 Å². The number of carbonyl (C=O) groups excluding carboxylic acids is 2. The Balaban J connectivity index is 1.60. The largest absolute Gasteiger partial charge is 0.322 e. The van der Waals surface area contributed by atoms with Crippen LogP contribution in [-0.2, 0) is 16.0 Å². The molecule has 0 saturated heterocycles. The van der Waals surface area contributed by atoms with Gasteiger partial charge in [0, 0.05) is 17.4 Å². The number of amides is 2. The van der Waals surface area contributed by atoms with E-state index in [0.717, 1.165) is 33.8 Å². The number of carbonyl (C=O) groups is 2. The maximum Gasteiger partial charge on any atom is 0.282 e. The van der Waals surface area contributed by atoms with Gasteiger partial charge < -0.3 is 15.1 Å². The molecule has 0 aromatic heterocycles. The lowest BCUT2D eigenvalue weighted by atomic mass is 10.1. The van der Waals surface area contributed by atoms with E-state index in [9.17, 15) is 9.59 Å². The molecule has 0 radical (unpaired) electrons. The molecule has 2 amide bonds. The number of aryl methyl sites for hydroxylation is 2. The monoisotopic (exact) mass is 366 g/mol. The number of fused-ring (bicyclic) bond motifs is 1. The van der Waals surface area contributed by atoms with Gasteiger partial charge in [-0.25, -0.2) is 0 Å². The number of hydrogen-bond acceptors (Lipinski definition) is 2.